The van der Waals surface area contributed by atoms with E-state index in [-0.39, 0.29) is 5.56 Å². The first-order chi connectivity index (χ1) is 13.6. The predicted molar refractivity (Wildman–Crippen MR) is 106 cm³/mol. The Labute approximate surface area is 161 Å². The fraction of sp³-hybridized carbons (Fsp3) is 0.286. The van der Waals surface area contributed by atoms with Crippen LogP contribution in [0.15, 0.2) is 53.6 Å². The van der Waals surface area contributed by atoms with Gasteiger partial charge in [-0.2, -0.15) is 0 Å². The Morgan fingerprint density at radius 2 is 2.21 bits per heavy atom. The molecule has 0 bridgehead atoms. The van der Waals surface area contributed by atoms with Crippen LogP contribution in [0.5, 0.6) is 5.88 Å². The standard InChI is InChI=1S/C21H21N3O4/c25-20-16-7-6-15(12-18(16)23-13-17(20)21(26)27)24-10-3-4-14(24)8-11-28-19-5-1-2-9-22-19/h1-2,5-7,9,12-14H,3-4,8,10-11H2,(H,23,25)(H,26,27). The van der Waals surface area contributed by atoms with Gasteiger partial charge in [-0.15, -0.1) is 0 Å². The number of carbonyl (C=O) groups is 1. The highest BCUT2D eigenvalue weighted by molar-refractivity contribution is 5.93. The normalized spacial score (nSPS) is 16.4. The van der Waals surface area contributed by atoms with Crippen LogP contribution in [0.4, 0.5) is 5.69 Å². The van der Waals surface area contributed by atoms with Crippen molar-refractivity contribution in [2.24, 2.45) is 0 Å². The molecule has 144 valence electrons. The second-order valence-electron chi connectivity index (χ2n) is 6.86. The van der Waals surface area contributed by atoms with Crippen LogP contribution in [0, 0.1) is 0 Å². The van der Waals surface area contributed by atoms with Crippen LogP contribution in [-0.2, 0) is 0 Å². The fourth-order valence-corrected chi connectivity index (χ4v) is 3.76. The maximum absolute atomic E-state index is 12.3. The molecule has 1 aliphatic heterocycles. The van der Waals surface area contributed by atoms with Crippen molar-refractivity contribution in [1.82, 2.24) is 9.97 Å². The van der Waals surface area contributed by atoms with Crippen LogP contribution >= 0.6 is 0 Å². The average molecular weight is 379 g/mol. The topological polar surface area (TPSA) is 95.5 Å². The van der Waals surface area contributed by atoms with Gasteiger partial charge in [-0.3, -0.25) is 4.79 Å². The number of aromatic nitrogens is 2. The molecule has 0 spiro atoms. The number of anilines is 1. The number of aromatic carboxylic acids is 1. The molecule has 3 aromatic rings. The predicted octanol–water partition coefficient (Wildman–Crippen LogP) is 3.06. The number of ether oxygens (including phenoxy) is 1. The number of carboxylic acids is 1. The molecule has 4 rings (SSSR count). The second-order valence-corrected chi connectivity index (χ2v) is 6.86. The molecule has 3 heterocycles. The summed E-state index contributed by atoms with van der Waals surface area (Å²) in [6, 6.07) is 11.5. The minimum atomic E-state index is -1.22. The number of hydrogen-bond acceptors (Lipinski definition) is 5. The molecule has 7 nitrogen and oxygen atoms in total. The monoisotopic (exact) mass is 379 g/mol. The summed E-state index contributed by atoms with van der Waals surface area (Å²) in [5.74, 6) is -0.593. The number of benzene rings is 1. The Morgan fingerprint density at radius 3 is 3.00 bits per heavy atom. The molecule has 1 fully saturated rings. The number of fused-ring (bicyclic) bond motifs is 1. The molecule has 0 amide bonds. The molecule has 0 saturated carbocycles. The van der Waals surface area contributed by atoms with Crippen LogP contribution in [0.3, 0.4) is 0 Å². The van der Waals surface area contributed by atoms with E-state index >= 15 is 0 Å². The number of pyridine rings is 2. The number of hydrogen-bond donors (Lipinski definition) is 2. The van der Waals surface area contributed by atoms with Crippen LogP contribution < -0.4 is 15.1 Å². The van der Waals surface area contributed by atoms with Crippen molar-refractivity contribution in [3.8, 4) is 5.88 Å². The Morgan fingerprint density at radius 1 is 1.32 bits per heavy atom. The van der Waals surface area contributed by atoms with Crippen molar-refractivity contribution >= 4 is 22.6 Å². The van der Waals surface area contributed by atoms with Crippen molar-refractivity contribution in [3.63, 3.8) is 0 Å². The lowest BCUT2D eigenvalue weighted by atomic mass is 10.1. The van der Waals surface area contributed by atoms with Gasteiger partial charge in [0.25, 0.3) is 0 Å². The number of nitrogens with one attached hydrogen (secondary N) is 1. The maximum Gasteiger partial charge on any atom is 0.341 e. The molecule has 1 unspecified atom stereocenters. The van der Waals surface area contributed by atoms with Crippen molar-refractivity contribution in [2.45, 2.75) is 25.3 Å². The van der Waals surface area contributed by atoms with Crippen LogP contribution in [0.2, 0.25) is 0 Å². The average Bonchev–Trinajstić information content (AvgIpc) is 3.17. The summed E-state index contributed by atoms with van der Waals surface area (Å²) in [7, 11) is 0. The summed E-state index contributed by atoms with van der Waals surface area (Å²) in [6.45, 7) is 1.53. The number of H-pyrrole nitrogens is 1. The molecule has 1 aromatic carbocycles. The zero-order chi connectivity index (χ0) is 19.5. The third-order valence-corrected chi connectivity index (χ3v) is 5.14. The zero-order valence-corrected chi connectivity index (χ0v) is 15.3. The van der Waals surface area contributed by atoms with Gasteiger partial charge in [-0.1, -0.05) is 6.07 Å². The number of rotatable bonds is 6. The van der Waals surface area contributed by atoms with Gasteiger partial charge in [0, 0.05) is 48.5 Å². The molecule has 2 N–H and O–H groups in total. The molecule has 2 aromatic heterocycles. The molecule has 7 heteroatoms. The molecule has 1 atom stereocenters. The van der Waals surface area contributed by atoms with Crippen molar-refractivity contribution in [3.05, 3.63) is 64.6 Å². The Balaban J connectivity index is 1.50. The van der Waals surface area contributed by atoms with E-state index in [1.807, 2.05) is 30.3 Å². The lowest BCUT2D eigenvalue weighted by Crippen LogP contribution is -2.30. The van der Waals surface area contributed by atoms with Gasteiger partial charge in [0.2, 0.25) is 11.3 Å². The van der Waals surface area contributed by atoms with E-state index in [1.54, 1.807) is 12.3 Å². The van der Waals surface area contributed by atoms with Crippen LogP contribution in [-0.4, -0.2) is 40.2 Å². The minimum Gasteiger partial charge on any atom is -0.478 e. The highest BCUT2D eigenvalue weighted by atomic mass is 16.5. The van der Waals surface area contributed by atoms with Crippen LogP contribution in [0.1, 0.15) is 29.6 Å². The maximum atomic E-state index is 12.3. The Hall–Kier alpha value is -3.35. The van der Waals surface area contributed by atoms with Gasteiger partial charge in [0.1, 0.15) is 5.56 Å². The SMILES string of the molecule is O=C(O)c1c[nH]c2cc(N3CCCC3CCOc3ccccn3)ccc2c1=O. The summed E-state index contributed by atoms with van der Waals surface area (Å²) in [4.78, 5) is 32.9. The van der Waals surface area contributed by atoms with E-state index in [0.717, 1.165) is 31.5 Å². The largest absolute Gasteiger partial charge is 0.478 e. The summed E-state index contributed by atoms with van der Waals surface area (Å²) in [6.07, 6.45) is 6.03. The summed E-state index contributed by atoms with van der Waals surface area (Å²) in [5, 5.41) is 9.49. The lowest BCUT2D eigenvalue weighted by molar-refractivity contribution is 0.0695. The van der Waals surface area contributed by atoms with Gasteiger partial charge >= 0.3 is 5.97 Å². The molecule has 0 aliphatic carbocycles. The molecule has 0 radical (unpaired) electrons. The highest BCUT2D eigenvalue weighted by Gasteiger charge is 2.25. The van der Waals surface area contributed by atoms with Crippen molar-refractivity contribution < 1.29 is 14.6 Å². The third-order valence-electron chi connectivity index (χ3n) is 5.14. The van der Waals surface area contributed by atoms with Crippen molar-refractivity contribution in [2.75, 3.05) is 18.1 Å². The molecule has 1 saturated heterocycles. The van der Waals surface area contributed by atoms with Gasteiger partial charge in [0.05, 0.1) is 12.1 Å². The Kier molecular flexibility index (Phi) is 4.97. The third kappa shape index (κ3) is 3.55. The van der Waals surface area contributed by atoms with E-state index in [1.165, 1.54) is 6.20 Å². The van der Waals surface area contributed by atoms with E-state index in [9.17, 15) is 9.59 Å². The summed E-state index contributed by atoms with van der Waals surface area (Å²) in [5.41, 5.74) is 0.954. The highest BCUT2D eigenvalue weighted by Crippen LogP contribution is 2.29. The first-order valence-electron chi connectivity index (χ1n) is 9.33. The number of nitrogens with zero attached hydrogens (tertiary/aromatic N) is 2. The van der Waals surface area contributed by atoms with E-state index in [2.05, 4.69) is 14.9 Å². The quantitative estimate of drug-likeness (QED) is 0.683. The van der Waals surface area contributed by atoms with Gasteiger partial charge < -0.3 is 19.7 Å². The van der Waals surface area contributed by atoms with Crippen molar-refractivity contribution in [1.29, 1.82) is 0 Å². The number of carboxylic acid groups (broad SMARTS) is 1. The van der Waals surface area contributed by atoms with Gasteiger partial charge in [-0.05, 0) is 37.1 Å². The molecule has 1 aliphatic rings. The number of aromatic amines is 1. The minimum absolute atomic E-state index is 0.244. The summed E-state index contributed by atoms with van der Waals surface area (Å²) < 4.78 is 5.73. The van der Waals surface area contributed by atoms with E-state index in [0.29, 0.717) is 29.4 Å². The Bertz CT molecular complexity index is 1050. The van der Waals surface area contributed by atoms with Gasteiger partial charge in [-0.25, -0.2) is 9.78 Å². The molecular formula is C21H21N3O4. The van der Waals surface area contributed by atoms with Crippen LogP contribution in [0.25, 0.3) is 10.9 Å². The summed E-state index contributed by atoms with van der Waals surface area (Å²) >= 11 is 0. The smallest absolute Gasteiger partial charge is 0.341 e. The van der Waals surface area contributed by atoms with Gasteiger partial charge in [0.15, 0.2) is 0 Å². The van der Waals surface area contributed by atoms with E-state index < -0.39 is 11.4 Å². The zero-order valence-electron chi connectivity index (χ0n) is 15.3. The second kappa shape index (κ2) is 7.72. The first-order valence-corrected chi connectivity index (χ1v) is 9.33. The first kappa shape index (κ1) is 18.0. The molecule has 28 heavy (non-hydrogen) atoms. The fourth-order valence-electron chi connectivity index (χ4n) is 3.76. The lowest BCUT2D eigenvalue weighted by Gasteiger charge is -2.27. The molecular weight excluding hydrogens is 358 g/mol. The van der Waals surface area contributed by atoms with E-state index in [4.69, 9.17) is 9.84 Å².